The topological polar surface area (TPSA) is 105 Å². The van der Waals surface area contributed by atoms with Gasteiger partial charge in [0.05, 0.1) is 0 Å². The molecule has 1 aromatic carbocycles. The predicted molar refractivity (Wildman–Crippen MR) is 88.4 cm³/mol. The first kappa shape index (κ1) is 19.5. The van der Waals surface area contributed by atoms with Gasteiger partial charge in [0.1, 0.15) is 11.1 Å². The average molecular weight is 336 g/mol. The van der Waals surface area contributed by atoms with Gasteiger partial charge in [-0.25, -0.2) is 9.59 Å². The Bertz CT molecular complexity index is 605. The maximum atomic E-state index is 12.4. The lowest BCUT2D eigenvalue weighted by atomic mass is 10.0. The Morgan fingerprint density at radius 1 is 1.04 bits per heavy atom. The van der Waals surface area contributed by atoms with Gasteiger partial charge in [-0.1, -0.05) is 30.3 Å². The van der Waals surface area contributed by atoms with E-state index in [9.17, 15) is 19.5 Å². The van der Waals surface area contributed by atoms with Gasteiger partial charge in [-0.3, -0.25) is 4.79 Å². The van der Waals surface area contributed by atoms with E-state index in [4.69, 9.17) is 4.74 Å². The van der Waals surface area contributed by atoms with Crippen LogP contribution in [0.5, 0.6) is 0 Å². The molecule has 2 amide bonds. The molecule has 0 saturated carbocycles. The Hall–Kier alpha value is -2.57. The van der Waals surface area contributed by atoms with Crippen molar-refractivity contribution < 1.29 is 24.2 Å². The number of alkyl carbamates (subject to hydrolysis) is 1. The van der Waals surface area contributed by atoms with E-state index in [-0.39, 0.29) is 0 Å². The summed E-state index contributed by atoms with van der Waals surface area (Å²) in [5, 5.41) is 14.2. The fourth-order valence-electron chi connectivity index (χ4n) is 1.86. The summed E-state index contributed by atoms with van der Waals surface area (Å²) in [5.41, 5.74) is -1.61. The molecule has 1 atom stereocenters. The minimum Gasteiger partial charge on any atom is -0.479 e. The number of aliphatic carboxylic acids is 1. The first-order chi connectivity index (χ1) is 10.9. The minimum absolute atomic E-state index is 0.436. The van der Waals surface area contributed by atoms with Crippen molar-refractivity contribution in [2.24, 2.45) is 0 Å². The van der Waals surface area contributed by atoms with E-state index >= 15 is 0 Å². The molecule has 1 rings (SSSR count). The van der Waals surface area contributed by atoms with Gasteiger partial charge in [-0.15, -0.1) is 0 Å². The first-order valence-electron chi connectivity index (χ1n) is 7.52. The molecule has 0 radical (unpaired) electrons. The number of rotatable bonds is 5. The highest BCUT2D eigenvalue weighted by Crippen LogP contribution is 2.15. The van der Waals surface area contributed by atoms with Crippen molar-refractivity contribution in [1.29, 1.82) is 0 Å². The van der Waals surface area contributed by atoms with Gasteiger partial charge >= 0.3 is 12.1 Å². The van der Waals surface area contributed by atoms with Gasteiger partial charge in [-0.05, 0) is 40.2 Å². The van der Waals surface area contributed by atoms with Crippen molar-refractivity contribution in [3.8, 4) is 0 Å². The molecule has 3 N–H and O–H groups in total. The van der Waals surface area contributed by atoms with Crippen molar-refractivity contribution in [3.05, 3.63) is 35.9 Å². The molecule has 0 aliphatic carbocycles. The molecule has 7 nitrogen and oxygen atoms in total. The molecule has 0 aliphatic rings. The fourth-order valence-corrected chi connectivity index (χ4v) is 1.86. The number of carbonyl (C=O) groups excluding carboxylic acids is 2. The third-order valence-electron chi connectivity index (χ3n) is 3.04. The SMILES string of the molecule is CC(C)(C)OC(=O)NC(C)(C)C(=O)NC(C(=O)O)c1ccccc1. The van der Waals surface area contributed by atoms with Gasteiger partial charge in [0.25, 0.3) is 0 Å². The number of hydrogen-bond acceptors (Lipinski definition) is 4. The maximum absolute atomic E-state index is 12.4. The molecule has 1 unspecified atom stereocenters. The fraction of sp³-hybridized carbons (Fsp3) is 0.471. The zero-order valence-electron chi connectivity index (χ0n) is 14.5. The highest BCUT2D eigenvalue weighted by atomic mass is 16.6. The number of carboxylic acid groups (broad SMARTS) is 1. The van der Waals surface area contributed by atoms with Crippen LogP contribution >= 0.6 is 0 Å². The zero-order chi connectivity index (χ0) is 18.5. The van der Waals surface area contributed by atoms with Gasteiger partial charge in [0, 0.05) is 0 Å². The summed E-state index contributed by atoms with van der Waals surface area (Å²) < 4.78 is 5.11. The van der Waals surface area contributed by atoms with Crippen molar-refractivity contribution in [3.63, 3.8) is 0 Å². The molecule has 0 heterocycles. The summed E-state index contributed by atoms with van der Waals surface area (Å²) in [6.07, 6.45) is -0.755. The predicted octanol–water partition coefficient (Wildman–Crippen LogP) is 2.23. The Morgan fingerprint density at radius 2 is 1.58 bits per heavy atom. The minimum atomic E-state index is -1.34. The van der Waals surface area contributed by atoms with Crippen molar-refractivity contribution in [1.82, 2.24) is 10.6 Å². The van der Waals surface area contributed by atoms with Crippen LogP contribution in [-0.4, -0.2) is 34.2 Å². The molecular weight excluding hydrogens is 312 g/mol. The molecule has 0 spiro atoms. The maximum Gasteiger partial charge on any atom is 0.408 e. The van der Waals surface area contributed by atoms with E-state index < -0.39 is 35.2 Å². The number of nitrogens with one attached hydrogen (secondary N) is 2. The largest absolute Gasteiger partial charge is 0.479 e. The highest BCUT2D eigenvalue weighted by molar-refractivity contribution is 5.92. The van der Waals surface area contributed by atoms with E-state index in [0.29, 0.717) is 5.56 Å². The Morgan fingerprint density at radius 3 is 2.04 bits per heavy atom. The molecule has 1 aromatic rings. The molecule has 0 fully saturated rings. The Labute approximate surface area is 141 Å². The van der Waals surface area contributed by atoms with Gasteiger partial charge < -0.3 is 20.5 Å². The molecule has 7 heteroatoms. The van der Waals surface area contributed by atoms with E-state index in [1.54, 1.807) is 51.1 Å². The summed E-state index contributed by atoms with van der Waals surface area (Å²) in [6.45, 7) is 8.05. The van der Waals surface area contributed by atoms with Crippen LogP contribution in [0.4, 0.5) is 4.79 Å². The lowest BCUT2D eigenvalue weighted by molar-refractivity contribution is -0.142. The molecule has 0 bridgehead atoms. The van der Waals surface area contributed by atoms with Crippen LogP contribution in [-0.2, 0) is 14.3 Å². The van der Waals surface area contributed by atoms with E-state index in [0.717, 1.165) is 0 Å². The number of amides is 2. The van der Waals surface area contributed by atoms with Crippen molar-refractivity contribution in [2.45, 2.75) is 51.8 Å². The smallest absolute Gasteiger partial charge is 0.408 e. The second kappa shape index (κ2) is 7.33. The van der Waals surface area contributed by atoms with Gasteiger partial charge in [-0.2, -0.15) is 0 Å². The lowest BCUT2D eigenvalue weighted by Gasteiger charge is -2.29. The van der Waals surface area contributed by atoms with E-state index in [1.807, 2.05) is 0 Å². The molecule has 0 aromatic heterocycles. The van der Waals surface area contributed by atoms with Crippen LogP contribution in [0.15, 0.2) is 30.3 Å². The monoisotopic (exact) mass is 336 g/mol. The van der Waals surface area contributed by atoms with Crippen molar-refractivity contribution >= 4 is 18.0 Å². The molecule has 0 saturated heterocycles. The van der Waals surface area contributed by atoms with Crippen LogP contribution < -0.4 is 10.6 Å². The Balaban J connectivity index is 2.83. The number of carboxylic acids is 1. The number of benzene rings is 1. The Kier molecular flexibility index (Phi) is 5.95. The summed E-state index contributed by atoms with van der Waals surface area (Å²) in [6, 6.07) is 7.11. The molecule has 24 heavy (non-hydrogen) atoms. The second-order valence-corrected chi connectivity index (χ2v) is 6.91. The third-order valence-corrected chi connectivity index (χ3v) is 3.04. The van der Waals surface area contributed by atoms with Crippen LogP contribution in [0.3, 0.4) is 0 Å². The van der Waals surface area contributed by atoms with Gasteiger partial charge in [0.2, 0.25) is 5.91 Å². The second-order valence-electron chi connectivity index (χ2n) is 6.91. The zero-order valence-corrected chi connectivity index (χ0v) is 14.5. The standard InChI is InChI=1S/C17H24N2O5/c1-16(2,3)24-15(23)19-17(4,5)14(22)18-12(13(20)21)11-9-7-6-8-10-11/h6-10,12H,1-5H3,(H,18,22)(H,19,23)(H,20,21). The summed E-state index contributed by atoms with van der Waals surface area (Å²) in [5.74, 6) is -1.83. The lowest BCUT2D eigenvalue weighted by Crippen LogP contribution is -2.56. The highest BCUT2D eigenvalue weighted by Gasteiger charge is 2.34. The normalized spacial score (nSPS) is 12.9. The van der Waals surface area contributed by atoms with E-state index in [2.05, 4.69) is 10.6 Å². The third kappa shape index (κ3) is 5.91. The van der Waals surface area contributed by atoms with E-state index in [1.165, 1.54) is 13.8 Å². The number of hydrogen-bond donors (Lipinski definition) is 3. The van der Waals surface area contributed by atoms with Crippen molar-refractivity contribution in [2.75, 3.05) is 0 Å². The van der Waals surface area contributed by atoms with Crippen LogP contribution in [0.1, 0.15) is 46.2 Å². The quantitative estimate of drug-likeness (QED) is 0.765. The summed E-state index contributed by atoms with van der Waals surface area (Å²) in [7, 11) is 0. The molecular formula is C17H24N2O5. The summed E-state index contributed by atoms with van der Waals surface area (Å²) >= 11 is 0. The van der Waals surface area contributed by atoms with Crippen LogP contribution in [0.25, 0.3) is 0 Å². The number of carbonyl (C=O) groups is 3. The van der Waals surface area contributed by atoms with Crippen LogP contribution in [0.2, 0.25) is 0 Å². The first-order valence-corrected chi connectivity index (χ1v) is 7.52. The average Bonchev–Trinajstić information content (AvgIpc) is 2.42. The molecule has 132 valence electrons. The van der Waals surface area contributed by atoms with Crippen LogP contribution in [0, 0.1) is 0 Å². The van der Waals surface area contributed by atoms with Gasteiger partial charge in [0.15, 0.2) is 6.04 Å². The summed E-state index contributed by atoms with van der Waals surface area (Å²) in [4.78, 5) is 35.7. The molecule has 0 aliphatic heterocycles. The number of ether oxygens (including phenoxy) is 1.